The number of halogens is 1. The van der Waals surface area contributed by atoms with Gasteiger partial charge >= 0.3 is 6.03 Å². The second-order valence-electron chi connectivity index (χ2n) is 7.84. The maximum Gasteiger partial charge on any atom is 0.319 e. The highest BCUT2D eigenvalue weighted by Crippen LogP contribution is 2.32. The Labute approximate surface area is 176 Å². The molecular formula is C23H28FN5O. The number of aryl methyl sites for hydroxylation is 2. The first kappa shape index (κ1) is 21.5. The van der Waals surface area contributed by atoms with E-state index >= 15 is 0 Å². The minimum atomic E-state index is -0.470. The number of aromatic nitrogens is 2. The number of urea groups is 1. The van der Waals surface area contributed by atoms with Gasteiger partial charge in [0.15, 0.2) is 0 Å². The molecule has 0 fully saturated rings. The standard InChI is InChI=1S/C23H28FN5O/c1-13(2)6-7-26-23(30)29-21-10-17(14(3)8-19(21)24)18-9-16-12-27-22(25-5)11-20(16)28-15(18)4/h8-13H,6-7H2,1-5H3,(H,25,27)(H2,26,29,30). The first-order chi connectivity index (χ1) is 14.3. The molecule has 6 nitrogen and oxygen atoms in total. The smallest absolute Gasteiger partial charge is 0.319 e. The van der Waals surface area contributed by atoms with Crippen LogP contribution in [0.5, 0.6) is 0 Å². The fourth-order valence-electron chi connectivity index (χ4n) is 3.27. The normalized spacial score (nSPS) is 11.0. The molecule has 2 amide bonds. The van der Waals surface area contributed by atoms with E-state index in [0.717, 1.165) is 45.5 Å². The van der Waals surface area contributed by atoms with Gasteiger partial charge < -0.3 is 16.0 Å². The van der Waals surface area contributed by atoms with Crippen LogP contribution in [0.15, 0.2) is 30.5 Å². The summed E-state index contributed by atoms with van der Waals surface area (Å²) in [4.78, 5) is 21.2. The van der Waals surface area contributed by atoms with Crippen molar-refractivity contribution in [3.63, 3.8) is 0 Å². The highest BCUT2D eigenvalue weighted by Gasteiger charge is 2.15. The largest absolute Gasteiger partial charge is 0.373 e. The van der Waals surface area contributed by atoms with E-state index in [2.05, 4.69) is 34.8 Å². The van der Waals surface area contributed by atoms with E-state index in [1.807, 2.05) is 33.0 Å². The maximum atomic E-state index is 14.5. The van der Waals surface area contributed by atoms with Crippen molar-refractivity contribution in [2.75, 3.05) is 24.2 Å². The van der Waals surface area contributed by atoms with Gasteiger partial charge in [-0.15, -0.1) is 0 Å². The minimum absolute atomic E-state index is 0.140. The Bertz CT molecular complexity index is 1080. The number of rotatable bonds is 6. The van der Waals surface area contributed by atoms with E-state index in [9.17, 15) is 9.18 Å². The van der Waals surface area contributed by atoms with Gasteiger partial charge in [0.2, 0.25) is 0 Å². The zero-order valence-corrected chi connectivity index (χ0v) is 18.1. The number of fused-ring (bicyclic) bond motifs is 1. The van der Waals surface area contributed by atoms with E-state index in [1.54, 1.807) is 12.3 Å². The number of benzene rings is 1. The fraction of sp³-hybridized carbons (Fsp3) is 0.348. The van der Waals surface area contributed by atoms with Crippen molar-refractivity contribution in [3.05, 3.63) is 47.5 Å². The Morgan fingerprint density at radius 1 is 1.13 bits per heavy atom. The quantitative estimate of drug-likeness (QED) is 0.519. The van der Waals surface area contributed by atoms with Crippen LogP contribution in [0, 0.1) is 25.6 Å². The number of nitrogens with zero attached hydrogens (tertiary/aromatic N) is 2. The summed E-state index contributed by atoms with van der Waals surface area (Å²) in [5.41, 5.74) is 4.25. The molecule has 2 heterocycles. The van der Waals surface area contributed by atoms with Crippen LogP contribution in [-0.4, -0.2) is 29.6 Å². The van der Waals surface area contributed by atoms with Crippen LogP contribution in [0.25, 0.3) is 22.0 Å². The van der Waals surface area contributed by atoms with E-state index < -0.39 is 11.8 Å². The second kappa shape index (κ2) is 9.07. The molecule has 158 valence electrons. The molecule has 2 aromatic heterocycles. The average molecular weight is 410 g/mol. The molecule has 0 aliphatic heterocycles. The van der Waals surface area contributed by atoms with Crippen molar-refractivity contribution in [1.29, 1.82) is 0 Å². The first-order valence-electron chi connectivity index (χ1n) is 10.1. The van der Waals surface area contributed by atoms with Crippen molar-refractivity contribution in [3.8, 4) is 11.1 Å². The molecule has 0 aliphatic rings. The van der Waals surface area contributed by atoms with Crippen LogP contribution in [0.4, 0.5) is 20.7 Å². The van der Waals surface area contributed by atoms with Gasteiger partial charge in [-0.2, -0.15) is 0 Å². The number of hydrogen-bond acceptors (Lipinski definition) is 4. The lowest BCUT2D eigenvalue weighted by atomic mass is 9.97. The van der Waals surface area contributed by atoms with Crippen molar-refractivity contribution < 1.29 is 9.18 Å². The van der Waals surface area contributed by atoms with Gasteiger partial charge in [-0.1, -0.05) is 13.8 Å². The van der Waals surface area contributed by atoms with Crippen LogP contribution in [0.3, 0.4) is 0 Å². The molecular weight excluding hydrogens is 381 g/mol. The van der Waals surface area contributed by atoms with Crippen molar-refractivity contribution >= 4 is 28.4 Å². The summed E-state index contributed by atoms with van der Waals surface area (Å²) in [6.45, 7) is 8.47. The van der Waals surface area contributed by atoms with E-state index in [-0.39, 0.29) is 5.69 Å². The highest BCUT2D eigenvalue weighted by atomic mass is 19.1. The number of carbonyl (C=O) groups is 1. The van der Waals surface area contributed by atoms with Gasteiger partial charge in [0, 0.05) is 42.5 Å². The molecule has 0 saturated carbocycles. The van der Waals surface area contributed by atoms with Crippen molar-refractivity contribution in [1.82, 2.24) is 15.3 Å². The third-order valence-electron chi connectivity index (χ3n) is 5.01. The topological polar surface area (TPSA) is 78.9 Å². The molecule has 3 aromatic rings. The van der Waals surface area contributed by atoms with Gasteiger partial charge in [0.25, 0.3) is 0 Å². The summed E-state index contributed by atoms with van der Waals surface area (Å²) in [5, 5.41) is 9.29. The molecule has 3 N–H and O–H groups in total. The van der Waals surface area contributed by atoms with E-state index in [4.69, 9.17) is 4.98 Å². The van der Waals surface area contributed by atoms with Crippen molar-refractivity contribution in [2.45, 2.75) is 34.1 Å². The lowest BCUT2D eigenvalue weighted by molar-refractivity contribution is 0.251. The van der Waals surface area contributed by atoms with Crippen LogP contribution in [0.1, 0.15) is 31.5 Å². The Kier molecular flexibility index (Phi) is 6.50. The SMILES string of the molecule is CNc1cc2nc(C)c(-c3cc(NC(=O)NCCC(C)C)c(F)cc3C)cc2cn1. The molecule has 0 saturated heterocycles. The van der Waals surface area contributed by atoms with Gasteiger partial charge in [-0.25, -0.2) is 14.2 Å². The Hall–Kier alpha value is -3.22. The zero-order valence-electron chi connectivity index (χ0n) is 18.1. The summed E-state index contributed by atoms with van der Waals surface area (Å²) < 4.78 is 14.5. The Morgan fingerprint density at radius 2 is 1.90 bits per heavy atom. The molecule has 30 heavy (non-hydrogen) atoms. The monoisotopic (exact) mass is 409 g/mol. The number of anilines is 2. The summed E-state index contributed by atoms with van der Waals surface area (Å²) in [6, 6.07) is 6.57. The molecule has 3 rings (SSSR count). The number of hydrogen-bond donors (Lipinski definition) is 3. The highest BCUT2D eigenvalue weighted by molar-refractivity contribution is 5.92. The van der Waals surface area contributed by atoms with Crippen LogP contribution >= 0.6 is 0 Å². The summed E-state index contributed by atoms with van der Waals surface area (Å²) in [5.74, 6) is 0.757. The van der Waals surface area contributed by atoms with Gasteiger partial charge in [0.05, 0.1) is 11.2 Å². The van der Waals surface area contributed by atoms with E-state index in [1.165, 1.54) is 6.07 Å². The van der Waals surface area contributed by atoms with Gasteiger partial charge in [-0.05, 0) is 55.5 Å². The molecule has 0 aliphatic carbocycles. The Morgan fingerprint density at radius 3 is 2.60 bits per heavy atom. The summed E-state index contributed by atoms with van der Waals surface area (Å²) >= 11 is 0. The fourth-order valence-corrected chi connectivity index (χ4v) is 3.27. The van der Waals surface area contributed by atoms with Crippen LogP contribution < -0.4 is 16.0 Å². The second-order valence-corrected chi connectivity index (χ2v) is 7.84. The molecule has 0 unspecified atom stereocenters. The maximum absolute atomic E-state index is 14.5. The number of amides is 2. The van der Waals surface area contributed by atoms with E-state index in [0.29, 0.717) is 12.5 Å². The predicted octanol–water partition coefficient (Wildman–Crippen LogP) is 5.26. The third-order valence-corrected chi connectivity index (χ3v) is 5.01. The predicted molar refractivity (Wildman–Crippen MR) is 120 cm³/mol. The molecule has 7 heteroatoms. The van der Waals surface area contributed by atoms with Crippen LogP contribution in [0.2, 0.25) is 0 Å². The first-order valence-corrected chi connectivity index (χ1v) is 10.1. The molecule has 0 bridgehead atoms. The number of pyridine rings is 2. The molecule has 0 atom stereocenters. The minimum Gasteiger partial charge on any atom is -0.373 e. The summed E-state index contributed by atoms with van der Waals surface area (Å²) in [6.07, 6.45) is 2.62. The lowest BCUT2D eigenvalue weighted by Crippen LogP contribution is -2.30. The average Bonchev–Trinajstić information content (AvgIpc) is 2.69. The lowest BCUT2D eigenvalue weighted by Gasteiger charge is -2.15. The molecule has 0 spiro atoms. The number of carbonyl (C=O) groups excluding carboxylic acids is 1. The Balaban J connectivity index is 1.93. The number of nitrogens with one attached hydrogen (secondary N) is 3. The van der Waals surface area contributed by atoms with Crippen molar-refractivity contribution in [2.24, 2.45) is 5.92 Å². The van der Waals surface area contributed by atoms with Gasteiger partial charge in [0.1, 0.15) is 11.6 Å². The van der Waals surface area contributed by atoms with Gasteiger partial charge in [-0.3, -0.25) is 4.98 Å². The third kappa shape index (κ3) is 4.84. The van der Waals surface area contributed by atoms with Crippen LogP contribution in [-0.2, 0) is 0 Å². The molecule has 0 radical (unpaired) electrons. The summed E-state index contributed by atoms with van der Waals surface area (Å²) in [7, 11) is 1.81. The zero-order chi connectivity index (χ0) is 21.8. The molecule has 1 aromatic carbocycles.